The maximum absolute atomic E-state index is 6.08. The summed E-state index contributed by atoms with van der Waals surface area (Å²) in [6, 6.07) is 14.6. The Labute approximate surface area is 191 Å². The van der Waals surface area contributed by atoms with Crippen molar-refractivity contribution in [1.29, 1.82) is 0 Å². The molecule has 1 aliphatic rings. The van der Waals surface area contributed by atoms with Crippen molar-refractivity contribution in [3.63, 3.8) is 0 Å². The van der Waals surface area contributed by atoms with Gasteiger partial charge in [-0.2, -0.15) is 0 Å². The van der Waals surface area contributed by atoms with E-state index < -0.39 is 0 Å². The van der Waals surface area contributed by atoms with Crippen LogP contribution in [-0.4, -0.2) is 37.6 Å². The zero-order chi connectivity index (χ0) is 19.9. The van der Waals surface area contributed by atoms with Crippen LogP contribution in [0.3, 0.4) is 0 Å². The smallest absolute Gasteiger partial charge is 0.193 e. The number of methoxy groups -OCH3 is 1. The minimum Gasteiger partial charge on any atom is -0.497 e. The molecule has 2 aromatic rings. The van der Waals surface area contributed by atoms with Crippen LogP contribution in [0.15, 0.2) is 47.5 Å². The van der Waals surface area contributed by atoms with Crippen LogP contribution in [0.4, 0.5) is 5.69 Å². The first kappa shape index (κ1) is 23.5. The van der Waals surface area contributed by atoms with Crippen LogP contribution in [-0.2, 0) is 6.54 Å². The summed E-state index contributed by atoms with van der Waals surface area (Å²) >= 11 is 0. The number of benzene rings is 2. The number of rotatable bonds is 6. The number of aryl methyl sites for hydroxylation is 2. The van der Waals surface area contributed by atoms with Gasteiger partial charge < -0.3 is 15.8 Å². The van der Waals surface area contributed by atoms with Crippen molar-refractivity contribution >= 4 is 35.6 Å². The van der Waals surface area contributed by atoms with Gasteiger partial charge in [-0.25, -0.2) is 0 Å². The highest BCUT2D eigenvalue weighted by molar-refractivity contribution is 14.0. The van der Waals surface area contributed by atoms with Gasteiger partial charge in [0.2, 0.25) is 0 Å². The number of nitrogens with two attached hydrogens (primary N) is 1. The van der Waals surface area contributed by atoms with Crippen molar-refractivity contribution in [3.8, 4) is 5.75 Å². The molecule has 0 atom stereocenters. The molecule has 0 unspecified atom stereocenters. The summed E-state index contributed by atoms with van der Waals surface area (Å²) in [6.45, 7) is 8.22. The lowest BCUT2D eigenvalue weighted by Crippen LogP contribution is -2.34. The second-order valence-corrected chi connectivity index (χ2v) is 7.72. The van der Waals surface area contributed by atoms with E-state index in [4.69, 9.17) is 10.5 Å². The number of hydrogen-bond acceptors (Lipinski definition) is 3. The molecule has 0 aromatic heterocycles. The molecule has 0 amide bonds. The fraction of sp³-hybridized carbons (Fsp3) is 0.435. The van der Waals surface area contributed by atoms with Gasteiger partial charge in [-0.3, -0.25) is 9.89 Å². The van der Waals surface area contributed by atoms with Crippen molar-refractivity contribution in [3.05, 3.63) is 59.2 Å². The van der Waals surface area contributed by atoms with Gasteiger partial charge in [0, 0.05) is 18.8 Å². The molecule has 5 nitrogen and oxygen atoms in total. The van der Waals surface area contributed by atoms with Crippen molar-refractivity contribution in [1.82, 2.24) is 4.90 Å². The Kier molecular flexibility index (Phi) is 9.23. The summed E-state index contributed by atoms with van der Waals surface area (Å²) in [4.78, 5) is 7.09. The quantitative estimate of drug-likeness (QED) is 0.341. The van der Waals surface area contributed by atoms with Gasteiger partial charge >= 0.3 is 0 Å². The molecule has 0 aliphatic carbocycles. The average molecular weight is 508 g/mol. The number of piperidine rings is 1. The van der Waals surface area contributed by atoms with Gasteiger partial charge in [-0.1, -0.05) is 18.2 Å². The Hall–Kier alpha value is -1.80. The van der Waals surface area contributed by atoms with Gasteiger partial charge in [0.15, 0.2) is 5.96 Å². The molecule has 1 aliphatic heterocycles. The third kappa shape index (κ3) is 7.19. The predicted octanol–water partition coefficient (Wildman–Crippen LogP) is 4.57. The highest BCUT2D eigenvalue weighted by Crippen LogP contribution is 2.20. The first-order valence-corrected chi connectivity index (χ1v) is 10.0. The molecule has 6 heteroatoms. The number of likely N-dealkylation sites (tertiary alicyclic amines) is 1. The summed E-state index contributed by atoms with van der Waals surface area (Å²) in [7, 11) is 1.70. The van der Waals surface area contributed by atoms with Crippen molar-refractivity contribution in [2.75, 3.05) is 32.1 Å². The molecule has 158 valence electrons. The third-order valence-electron chi connectivity index (χ3n) is 5.57. The molecule has 29 heavy (non-hydrogen) atoms. The van der Waals surface area contributed by atoms with E-state index in [0.717, 1.165) is 50.5 Å². The summed E-state index contributed by atoms with van der Waals surface area (Å²) in [5, 5.41) is 3.21. The monoisotopic (exact) mass is 508 g/mol. The van der Waals surface area contributed by atoms with Gasteiger partial charge in [0.05, 0.1) is 7.11 Å². The van der Waals surface area contributed by atoms with Crippen molar-refractivity contribution in [2.24, 2.45) is 16.6 Å². The van der Waals surface area contributed by atoms with E-state index in [0.29, 0.717) is 11.9 Å². The van der Waals surface area contributed by atoms with Crippen molar-refractivity contribution < 1.29 is 4.74 Å². The summed E-state index contributed by atoms with van der Waals surface area (Å²) < 4.78 is 5.23. The predicted molar refractivity (Wildman–Crippen MR) is 132 cm³/mol. The highest BCUT2D eigenvalue weighted by atomic mass is 127. The highest BCUT2D eigenvalue weighted by Gasteiger charge is 2.19. The minimum atomic E-state index is 0. The maximum atomic E-state index is 6.08. The Balaban J connectivity index is 0.00000300. The lowest BCUT2D eigenvalue weighted by atomic mass is 9.96. The Morgan fingerprint density at radius 3 is 2.41 bits per heavy atom. The van der Waals surface area contributed by atoms with Crippen LogP contribution in [0.2, 0.25) is 0 Å². The number of aliphatic imine (C=N–C) groups is 1. The van der Waals surface area contributed by atoms with Crippen LogP contribution >= 0.6 is 24.0 Å². The van der Waals surface area contributed by atoms with E-state index in [-0.39, 0.29) is 24.0 Å². The Bertz CT molecular complexity index is 799. The van der Waals surface area contributed by atoms with Crippen LogP contribution in [0.25, 0.3) is 0 Å². The molecule has 3 N–H and O–H groups in total. The lowest BCUT2D eigenvalue weighted by Gasteiger charge is -2.31. The summed E-state index contributed by atoms with van der Waals surface area (Å²) in [5.74, 6) is 2.02. The Morgan fingerprint density at radius 1 is 1.10 bits per heavy atom. The molecule has 0 bridgehead atoms. The van der Waals surface area contributed by atoms with E-state index in [1.807, 2.05) is 18.2 Å². The minimum absolute atomic E-state index is 0. The molecular weight excluding hydrogens is 475 g/mol. The number of nitrogens with zero attached hydrogens (tertiary/aromatic N) is 2. The Morgan fingerprint density at radius 2 is 1.79 bits per heavy atom. The first-order chi connectivity index (χ1) is 13.5. The first-order valence-electron chi connectivity index (χ1n) is 10.0. The molecule has 1 heterocycles. The number of guanidine groups is 1. The SMILES string of the molecule is COc1ccc(CN2CCC(CN=C(N)Nc3ccc(C)c(C)c3)CC2)cc1.I. The van der Waals surface area contributed by atoms with E-state index in [9.17, 15) is 0 Å². The number of nitrogens with one attached hydrogen (secondary N) is 1. The average Bonchev–Trinajstić information content (AvgIpc) is 2.71. The van der Waals surface area contributed by atoms with E-state index in [1.165, 1.54) is 16.7 Å². The van der Waals surface area contributed by atoms with Crippen LogP contribution in [0.5, 0.6) is 5.75 Å². The van der Waals surface area contributed by atoms with Crippen molar-refractivity contribution in [2.45, 2.75) is 33.2 Å². The van der Waals surface area contributed by atoms with E-state index >= 15 is 0 Å². The zero-order valence-electron chi connectivity index (χ0n) is 17.6. The molecule has 2 aromatic carbocycles. The number of halogens is 1. The van der Waals surface area contributed by atoms with Gasteiger partial charge in [0.1, 0.15) is 5.75 Å². The van der Waals surface area contributed by atoms with Gasteiger partial charge in [-0.05, 0) is 86.7 Å². The fourth-order valence-electron chi connectivity index (χ4n) is 3.55. The number of ether oxygens (including phenoxy) is 1. The van der Waals surface area contributed by atoms with Crippen LogP contribution in [0.1, 0.15) is 29.5 Å². The normalized spacial score (nSPS) is 15.6. The van der Waals surface area contributed by atoms with Gasteiger partial charge in [0.25, 0.3) is 0 Å². The second kappa shape index (κ2) is 11.4. The molecule has 0 saturated carbocycles. The van der Waals surface area contributed by atoms with E-state index in [1.54, 1.807) is 7.11 Å². The zero-order valence-corrected chi connectivity index (χ0v) is 20.0. The molecule has 0 spiro atoms. The third-order valence-corrected chi connectivity index (χ3v) is 5.57. The molecule has 1 saturated heterocycles. The van der Waals surface area contributed by atoms with Gasteiger partial charge in [-0.15, -0.1) is 24.0 Å². The lowest BCUT2D eigenvalue weighted by molar-refractivity contribution is 0.180. The largest absolute Gasteiger partial charge is 0.497 e. The summed E-state index contributed by atoms with van der Waals surface area (Å²) in [6.07, 6.45) is 2.33. The van der Waals surface area contributed by atoms with E-state index in [2.05, 4.69) is 53.3 Å². The number of hydrogen-bond donors (Lipinski definition) is 2. The topological polar surface area (TPSA) is 62.9 Å². The van der Waals surface area contributed by atoms with Crippen LogP contribution < -0.4 is 15.8 Å². The molecule has 0 radical (unpaired) electrons. The second-order valence-electron chi connectivity index (χ2n) is 7.72. The number of anilines is 1. The molecule has 3 rings (SSSR count). The molecular formula is C23H33IN4O. The fourth-order valence-corrected chi connectivity index (χ4v) is 3.55. The summed E-state index contributed by atoms with van der Waals surface area (Å²) in [5.41, 5.74) is 10.9. The standard InChI is InChI=1S/C23H32N4O.HI/c1-17-4-7-21(14-18(17)2)26-23(24)25-15-19-10-12-27(13-11-19)16-20-5-8-22(28-3)9-6-20;/h4-9,14,19H,10-13,15-16H2,1-3H3,(H3,24,25,26);1H. The molecule has 1 fully saturated rings. The maximum Gasteiger partial charge on any atom is 0.193 e. The van der Waals surface area contributed by atoms with Crippen LogP contribution in [0, 0.1) is 19.8 Å².